The highest BCUT2D eigenvalue weighted by molar-refractivity contribution is 7.18. The van der Waals surface area contributed by atoms with Gasteiger partial charge in [-0.05, 0) is 74.7 Å². The summed E-state index contributed by atoms with van der Waals surface area (Å²) in [5.74, 6) is -0.777. The number of nitrogens with one attached hydrogen (secondary N) is 2. The number of hydrogen-bond donors (Lipinski definition) is 2. The van der Waals surface area contributed by atoms with Crippen LogP contribution in [-0.2, 0) is 22.4 Å². The molecule has 198 valence electrons. The summed E-state index contributed by atoms with van der Waals surface area (Å²) in [5.41, 5.74) is 2.84. The van der Waals surface area contributed by atoms with E-state index in [0.29, 0.717) is 50.9 Å². The van der Waals surface area contributed by atoms with Gasteiger partial charge in [0.05, 0.1) is 16.6 Å². The number of nitrogens with zero attached hydrogens (tertiary/aromatic N) is 1. The summed E-state index contributed by atoms with van der Waals surface area (Å²) in [4.78, 5) is 28.8. The average Bonchev–Trinajstić information content (AvgIpc) is 3.21. The van der Waals surface area contributed by atoms with Crippen molar-refractivity contribution in [1.82, 2.24) is 10.3 Å². The summed E-state index contributed by atoms with van der Waals surface area (Å²) in [6.07, 6.45) is 0.332. The van der Waals surface area contributed by atoms with E-state index in [-0.39, 0.29) is 18.4 Å². The number of amides is 2. The number of urea groups is 1. The molecule has 0 bridgehead atoms. The lowest BCUT2D eigenvalue weighted by Crippen LogP contribution is -2.28. The van der Waals surface area contributed by atoms with E-state index in [0.717, 1.165) is 10.3 Å². The number of carbonyl (C=O) groups excluding carboxylic acids is 2. The standard InChI is InChI=1S/C29H29ClFN3O3S/c1-5-32-28(36)33-21-11-9-17(10-12-21)13-19-15-22-27(25(26(19)31)18-7-6-8-20(30)14-18)34-23(38-22)16-24(35)37-29(2,3)4/h6-12,14-15H,5,13,16H2,1-4H3,(H2,32,33,36). The lowest BCUT2D eigenvalue weighted by atomic mass is 9.97. The van der Waals surface area contributed by atoms with E-state index in [2.05, 4.69) is 15.6 Å². The van der Waals surface area contributed by atoms with Gasteiger partial charge >= 0.3 is 12.0 Å². The van der Waals surface area contributed by atoms with Gasteiger partial charge in [-0.3, -0.25) is 4.79 Å². The minimum Gasteiger partial charge on any atom is -0.460 e. The Morgan fingerprint density at radius 3 is 2.50 bits per heavy atom. The molecule has 0 fully saturated rings. The highest BCUT2D eigenvalue weighted by Gasteiger charge is 2.22. The molecule has 0 aliphatic rings. The largest absolute Gasteiger partial charge is 0.460 e. The Balaban J connectivity index is 1.71. The molecule has 2 N–H and O–H groups in total. The van der Waals surface area contributed by atoms with Crippen LogP contribution in [0.1, 0.15) is 43.8 Å². The predicted octanol–water partition coefficient (Wildman–Crippen LogP) is 7.37. The summed E-state index contributed by atoms with van der Waals surface area (Å²) in [6, 6.07) is 15.8. The fourth-order valence-electron chi connectivity index (χ4n) is 4.02. The Hall–Kier alpha value is -3.49. The highest BCUT2D eigenvalue weighted by Crippen LogP contribution is 2.38. The fourth-order valence-corrected chi connectivity index (χ4v) is 5.23. The van der Waals surface area contributed by atoms with Gasteiger partial charge in [-0.2, -0.15) is 0 Å². The molecule has 4 rings (SSSR count). The van der Waals surface area contributed by atoms with Gasteiger partial charge in [0.2, 0.25) is 0 Å². The van der Waals surface area contributed by atoms with Crippen LogP contribution < -0.4 is 10.6 Å². The summed E-state index contributed by atoms with van der Waals surface area (Å²) in [5, 5.41) is 6.47. The molecule has 0 spiro atoms. The number of aromatic nitrogens is 1. The first-order chi connectivity index (χ1) is 18.0. The van der Waals surface area contributed by atoms with Gasteiger partial charge in [-0.15, -0.1) is 11.3 Å². The quantitative estimate of drug-likeness (QED) is 0.234. The second-order valence-electron chi connectivity index (χ2n) is 9.81. The number of esters is 1. The molecule has 1 heterocycles. The number of benzene rings is 3. The van der Waals surface area contributed by atoms with Gasteiger partial charge in [0, 0.05) is 29.2 Å². The minimum absolute atomic E-state index is 0.00260. The van der Waals surface area contributed by atoms with Crippen LogP contribution in [0.2, 0.25) is 5.02 Å². The summed E-state index contributed by atoms with van der Waals surface area (Å²) < 4.78 is 22.3. The van der Waals surface area contributed by atoms with Crippen LogP contribution in [-0.4, -0.2) is 29.1 Å². The zero-order valence-electron chi connectivity index (χ0n) is 21.7. The van der Waals surface area contributed by atoms with Gasteiger partial charge < -0.3 is 15.4 Å². The van der Waals surface area contributed by atoms with E-state index in [9.17, 15) is 9.59 Å². The van der Waals surface area contributed by atoms with Crippen LogP contribution in [0.15, 0.2) is 54.6 Å². The van der Waals surface area contributed by atoms with Gasteiger partial charge in [0.1, 0.15) is 16.4 Å². The molecule has 2 amide bonds. The number of thiazole rings is 1. The lowest BCUT2D eigenvalue weighted by molar-refractivity contribution is -0.153. The van der Waals surface area contributed by atoms with Crippen LogP contribution in [0.5, 0.6) is 0 Å². The third-order valence-corrected chi connectivity index (χ3v) is 6.75. The van der Waals surface area contributed by atoms with Crippen molar-refractivity contribution in [2.75, 3.05) is 11.9 Å². The Morgan fingerprint density at radius 1 is 1.11 bits per heavy atom. The molecule has 1 aromatic heterocycles. The molecule has 0 radical (unpaired) electrons. The van der Waals surface area contributed by atoms with Crippen LogP contribution in [0.3, 0.4) is 0 Å². The Morgan fingerprint density at radius 2 is 1.84 bits per heavy atom. The van der Waals surface area contributed by atoms with Crippen molar-refractivity contribution < 1.29 is 18.7 Å². The number of halogens is 2. The van der Waals surface area contributed by atoms with Crippen molar-refractivity contribution in [1.29, 1.82) is 0 Å². The second-order valence-corrected chi connectivity index (χ2v) is 11.4. The van der Waals surface area contributed by atoms with E-state index in [4.69, 9.17) is 16.3 Å². The topological polar surface area (TPSA) is 80.3 Å². The molecule has 9 heteroatoms. The fraction of sp³-hybridized carbons (Fsp3) is 0.276. The first kappa shape index (κ1) is 27.5. The molecule has 0 saturated carbocycles. The molecule has 0 aliphatic heterocycles. The number of carbonyl (C=O) groups is 2. The molecule has 0 atom stereocenters. The first-order valence-corrected chi connectivity index (χ1v) is 13.4. The van der Waals surface area contributed by atoms with Crippen molar-refractivity contribution in [3.8, 4) is 11.1 Å². The van der Waals surface area contributed by atoms with Gasteiger partial charge in [0.25, 0.3) is 0 Å². The smallest absolute Gasteiger partial charge is 0.319 e. The first-order valence-electron chi connectivity index (χ1n) is 12.2. The average molecular weight is 554 g/mol. The number of hydrogen-bond acceptors (Lipinski definition) is 5. The molecule has 0 unspecified atom stereocenters. The van der Waals surface area contributed by atoms with Gasteiger partial charge in [0.15, 0.2) is 0 Å². The summed E-state index contributed by atoms with van der Waals surface area (Å²) in [6.45, 7) is 7.80. The van der Waals surface area contributed by atoms with Gasteiger partial charge in [-0.1, -0.05) is 35.9 Å². The number of rotatable bonds is 7. The molecule has 38 heavy (non-hydrogen) atoms. The number of anilines is 1. The van der Waals surface area contributed by atoms with E-state index in [1.54, 1.807) is 42.5 Å². The monoisotopic (exact) mass is 553 g/mol. The van der Waals surface area contributed by atoms with Crippen LogP contribution in [0.25, 0.3) is 21.3 Å². The van der Waals surface area contributed by atoms with Crippen LogP contribution in [0.4, 0.5) is 14.9 Å². The van der Waals surface area contributed by atoms with Crippen molar-refractivity contribution in [2.45, 2.75) is 46.1 Å². The van der Waals surface area contributed by atoms with Crippen molar-refractivity contribution >= 4 is 50.8 Å². The molecule has 0 saturated heterocycles. The van der Waals surface area contributed by atoms with E-state index in [1.807, 2.05) is 39.8 Å². The SMILES string of the molecule is CCNC(=O)Nc1ccc(Cc2cc3sc(CC(=O)OC(C)(C)C)nc3c(-c3cccc(Cl)c3)c2F)cc1. The van der Waals surface area contributed by atoms with E-state index >= 15 is 4.39 Å². The molecule has 4 aromatic rings. The predicted molar refractivity (Wildman–Crippen MR) is 152 cm³/mol. The minimum atomic E-state index is -0.607. The third-order valence-electron chi connectivity index (χ3n) is 5.51. The third kappa shape index (κ3) is 6.88. The van der Waals surface area contributed by atoms with Crippen LogP contribution in [0, 0.1) is 5.82 Å². The van der Waals surface area contributed by atoms with Crippen molar-refractivity contribution in [2.24, 2.45) is 0 Å². The zero-order valence-corrected chi connectivity index (χ0v) is 23.2. The number of ether oxygens (including phenoxy) is 1. The van der Waals surface area contributed by atoms with Crippen molar-refractivity contribution in [3.05, 3.63) is 81.6 Å². The van der Waals surface area contributed by atoms with Gasteiger partial charge in [-0.25, -0.2) is 14.2 Å². The Labute approximate surface area is 230 Å². The molecule has 6 nitrogen and oxygen atoms in total. The molecule has 0 aliphatic carbocycles. The Bertz CT molecular complexity index is 1480. The molecular weight excluding hydrogens is 525 g/mol. The zero-order chi connectivity index (χ0) is 27.4. The van der Waals surface area contributed by atoms with Crippen molar-refractivity contribution in [3.63, 3.8) is 0 Å². The highest BCUT2D eigenvalue weighted by atomic mass is 35.5. The maximum atomic E-state index is 16.1. The van der Waals surface area contributed by atoms with E-state index in [1.165, 1.54) is 11.3 Å². The molecular formula is C29H29ClFN3O3S. The maximum Gasteiger partial charge on any atom is 0.319 e. The lowest BCUT2D eigenvalue weighted by Gasteiger charge is -2.18. The Kier molecular flexibility index (Phi) is 8.33. The molecule has 3 aromatic carbocycles. The summed E-state index contributed by atoms with van der Waals surface area (Å²) in [7, 11) is 0. The normalized spacial score (nSPS) is 11.4. The number of fused-ring (bicyclic) bond motifs is 1. The second kappa shape index (κ2) is 11.5. The maximum absolute atomic E-state index is 16.1. The van der Waals surface area contributed by atoms with Crippen LogP contribution >= 0.6 is 22.9 Å². The summed E-state index contributed by atoms with van der Waals surface area (Å²) >= 11 is 7.58. The van der Waals surface area contributed by atoms with E-state index < -0.39 is 11.4 Å².